The molecule has 2 aromatic carbocycles. The van der Waals surface area contributed by atoms with Gasteiger partial charge >= 0.3 is 0 Å². The first-order chi connectivity index (χ1) is 12.2. The van der Waals surface area contributed by atoms with Crippen LogP contribution in [0.2, 0.25) is 0 Å². The summed E-state index contributed by atoms with van der Waals surface area (Å²) in [5.74, 6) is 0.985. The van der Waals surface area contributed by atoms with E-state index in [2.05, 4.69) is 75.4 Å². The molecule has 0 aromatic heterocycles. The molecule has 2 rings (SSSR count). The molecule has 0 saturated heterocycles. The Balaban J connectivity index is 1.80. The highest BCUT2D eigenvalue weighted by atomic mass is 16.5. The van der Waals surface area contributed by atoms with Crippen LogP contribution in [0.25, 0.3) is 12.2 Å². The third-order valence-electron chi connectivity index (χ3n) is 4.54. The van der Waals surface area contributed by atoms with Gasteiger partial charge in [-0.1, -0.05) is 87.1 Å². The van der Waals surface area contributed by atoms with Crippen molar-refractivity contribution in [3.8, 4) is 5.75 Å². The van der Waals surface area contributed by atoms with Crippen LogP contribution in [-0.2, 0) is 0 Å². The third-order valence-corrected chi connectivity index (χ3v) is 4.54. The van der Waals surface area contributed by atoms with Crippen molar-refractivity contribution in [2.24, 2.45) is 0 Å². The van der Waals surface area contributed by atoms with Gasteiger partial charge in [0.05, 0.1) is 6.61 Å². The smallest absolute Gasteiger partial charge is 0.119 e. The minimum absolute atomic E-state index is 0.824. The number of benzene rings is 2. The molecule has 0 radical (unpaired) electrons. The van der Waals surface area contributed by atoms with Crippen LogP contribution in [0.3, 0.4) is 0 Å². The molecule has 0 aliphatic carbocycles. The molecule has 0 saturated carbocycles. The van der Waals surface area contributed by atoms with Crippen molar-refractivity contribution < 1.29 is 4.74 Å². The number of unbranched alkanes of at least 4 members (excludes halogenated alkanes) is 5. The first-order valence-electron chi connectivity index (χ1n) is 9.67. The molecule has 1 nitrogen and oxygen atoms in total. The summed E-state index contributed by atoms with van der Waals surface area (Å²) in [4.78, 5) is 0. The average Bonchev–Trinajstić information content (AvgIpc) is 2.61. The summed E-state index contributed by atoms with van der Waals surface area (Å²) in [7, 11) is 0. The molecule has 0 aliphatic rings. The Morgan fingerprint density at radius 1 is 0.800 bits per heavy atom. The topological polar surface area (TPSA) is 9.23 Å². The number of rotatable bonds is 10. The van der Waals surface area contributed by atoms with Crippen LogP contribution in [0.4, 0.5) is 0 Å². The Kier molecular flexibility index (Phi) is 8.31. The second-order valence-corrected chi connectivity index (χ2v) is 6.88. The predicted molar refractivity (Wildman–Crippen MR) is 110 cm³/mol. The molecule has 0 N–H and O–H groups in total. The molecule has 0 bridgehead atoms. The van der Waals surface area contributed by atoms with E-state index in [9.17, 15) is 0 Å². The first-order valence-corrected chi connectivity index (χ1v) is 9.67. The van der Waals surface area contributed by atoms with Gasteiger partial charge in [0.25, 0.3) is 0 Å². The molecule has 0 fully saturated rings. The van der Waals surface area contributed by atoms with Crippen LogP contribution in [0, 0.1) is 13.8 Å². The summed E-state index contributed by atoms with van der Waals surface area (Å²) in [6.07, 6.45) is 12.1. The van der Waals surface area contributed by atoms with Gasteiger partial charge in [-0.05, 0) is 49.1 Å². The Bertz CT molecular complexity index is 652. The Hall–Kier alpha value is -2.02. The molecule has 25 heavy (non-hydrogen) atoms. The monoisotopic (exact) mass is 336 g/mol. The SMILES string of the molecule is CCCCCCCCOc1ccc(/C=C/c2ccc(C)cc2)c(C)c1. The summed E-state index contributed by atoms with van der Waals surface area (Å²) in [5.41, 5.74) is 5.02. The normalized spacial score (nSPS) is 11.2. The molecule has 0 heterocycles. The second kappa shape index (κ2) is 10.8. The van der Waals surface area contributed by atoms with E-state index in [0.717, 1.165) is 18.8 Å². The van der Waals surface area contributed by atoms with E-state index in [1.54, 1.807) is 0 Å². The van der Waals surface area contributed by atoms with Crippen molar-refractivity contribution in [3.05, 3.63) is 64.7 Å². The van der Waals surface area contributed by atoms with Crippen LogP contribution in [0.5, 0.6) is 5.75 Å². The molecule has 2 aromatic rings. The summed E-state index contributed by atoms with van der Waals surface area (Å²) >= 11 is 0. The van der Waals surface area contributed by atoms with Gasteiger partial charge in [-0.15, -0.1) is 0 Å². The maximum Gasteiger partial charge on any atom is 0.119 e. The molecule has 134 valence electrons. The molecule has 0 atom stereocenters. The Labute approximate surface area is 153 Å². The Morgan fingerprint density at radius 3 is 2.24 bits per heavy atom. The van der Waals surface area contributed by atoms with Gasteiger partial charge in [0.2, 0.25) is 0 Å². The van der Waals surface area contributed by atoms with Crippen molar-refractivity contribution >= 4 is 12.2 Å². The number of aryl methyl sites for hydroxylation is 2. The van der Waals surface area contributed by atoms with Crippen LogP contribution in [-0.4, -0.2) is 6.61 Å². The van der Waals surface area contributed by atoms with E-state index in [-0.39, 0.29) is 0 Å². The van der Waals surface area contributed by atoms with Gasteiger partial charge < -0.3 is 4.74 Å². The third kappa shape index (κ3) is 7.17. The maximum absolute atomic E-state index is 5.90. The molecule has 0 aliphatic heterocycles. The van der Waals surface area contributed by atoms with Gasteiger partial charge in [0.1, 0.15) is 5.75 Å². The number of hydrogen-bond donors (Lipinski definition) is 0. The maximum atomic E-state index is 5.90. The molecule has 1 heteroatoms. The Morgan fingerprint density at radius 2 is 1.52 bits per heavy atom. The minimum atomic E-state index is 0.824. The van der Waals surface area contributed by atoms with Gasteiger partial charge in [0.15, 0.2) is 0 Å². The fourth-order valence-electron chi connectivity index (χ4n) is 2.86. The highest BCUT2D eigenvalue weighted by Gasteiger charge is 1.99. The lowest BCUT2D eigenvalue weighted by molar-refractivity contribution is 0.304. The van der Waals surface area contributed by atoms with E-state index >= 15 is 0 Å². The van der Waals surface area contributed by atoms with Crippen molar-refractivity contribution in [2.45, 2.75) is 59.3 Å². The van der Waals surface area contributed by atoms with Crippen molar-refractivity contribution in [2.75, 3.05) is 6.61 Å². The zero-order valence-electron chi connectivity index (χ0n) is 16.1. The van der Waals surface area contributed by atoms with E-state index < -0.39 is 0 Å². The van der Waals surface area contributed by atoms with Gasteiger partial charge in [-0.25, -0.2) is 0 Å². The molecule has 0 spiro atoms. The molecule has 0 amide bonds. The second-order valence-electron chi connectivity index (χ2n) is 6.88. The van der Waals surface area contributed by atoms with Crippen LogP contribution in [0.1, 0.15) is 67.7 Å². The van der Waals surface area contributed by atoms with E-state index in [4.69, 9.17) is 4.74 Å². The predicted octanol–water partition coefficient (Wildman–Crippen LogP) is 7.21. The van der Waals surface area contributed by atoms with Crippen molar-refractivity contribution in [1.29, 1.82) is 0 Å². The summed E-state index contributed by atoms with van der Waals surface area (Å²) < 4.78 is 5.90. The summed E-state index contributed by atoms with van der Waals surface area (Å²) in [5, 5.41) is 0. The molecule has 0 unspecified atom stereocenters. The fraction of sp³-hybridized carbons (Fsp3) is 0.417. The number of ether oxygens (including phenoxy) is 1. The van der Waals surface area contributed by atoms with Crippen LogP contribution < -0.4 is 4.74 Å². The zero-order valence-corrected chi connectivity index (χ0v) is 16.1. The highest BCUT2D eigenvalue weighted by molar-refractivity contribution is 5.71. The molecular formula is C24H32O. The van der Waals surface area contributed by atoms with Crippen LogP contribution >= 0.6 is 0 Å². The highest BCUT2D eigenvalue weighted by Crippen LogP contribution is 2.20. The van der Waals surface area contributed by atoms with Gasteiger partial charge in [-0.2, -0.15) is 0 Å². The largest absolute Gasteiger partial charge is 0.494 e. The number of hydrogen-bond acceptors (Lipinski definition) is 1. The summed E-state index contributed by atoms with van der Waals surface area (Å²) in [6, 6.07) is 15.0. The van der Waals surface area contributed by atoms with E-state index in [0.29, 0.717) is 0 Å². The van der Waals surface area contributed by atoms with E-state index in [1.165, 1.54) is 54.4 Å². The minimum Gasteiger partial charge on any atom is -0.494 e. The van der Waals surface area contributed by atoms with E-state index in [1.807, 2.05) is 0 Å². The first kappa shape index (κ1) is 19.3. The zero-order chi connectivity index (χ0) is 17.9. The fourth-order valence-corrected chi connectivity index (χ4v) is 2.86. The van der Waals surface area contributed by atoms with Gasteiger partial charge in [-0.3, -0.25) is 0 Å². The lowest BCUT2D eigenvalue weighted by Crippen LogP contribution is -1.98. The van der Waals surface area contributed by atoms with Crippen molar-refractivity contribution in [3.63, 3.8) is 0 Å². The lowest BCUT2D eigenvalue weighted by Gasteiger charge is -2.08. The van der Waals surface area contributed by atoms with Crippen LogP contribution in [0.15, 0.2) is 42.5 Å². The van der Waals surface area contributed by atoms with Crippen molar-refractivity contribution in [1.82, 2.24) is 0 Å². The average molecular weight is 337 g/mol. The standard InChI is InChI=1S/C24H32O/c1-4-5-6-7-8-9-18-25-24-17-16-23(21(3)19-24)15-14-22-12-10-20(2)11-13-22/h10-17,19H,4-9,18H2,1-3H3/b15-14+. The summed E-state index contributed by atoms with van der Waals surface area (Å²) in [6.45, 7) is 7.34. The lowest BCUT2D eigenvalue weighted by atomic mass is 10.1. The van der Waals surface area contributed by atoms with Gasteiger partial charge in [0, 0.05) is 0 Å². The quantitative estimate of drug-likeness (QED) is 0.329. The molecular weight excluding hydrogens is 304 g/mol.